The number of para-hydroxylation sites is 1. The van der Waals surface area contributed by atoms with Gasteiger partial charge < -0.3 is 10.2 Å². The lowest BCUT2D eigenvalue weighted by Crippen LogP contribution is -2.15. The second-order valence-corrected chi connectivity index (χ2v) is 14.3. The number of nitrogens with zero attached hydrogens (tertiary/aromatic N) is 3. The molecule has 5 nitrogen and oxygen atoms in total. The van der Waals surface area contributed by atoms with Crippen LogP contribution in [0.25, 0.3) is 89.5 Å². The summed E-state index contributed by atoms with van der Waals surface area (Å²) in [7, 11) is 0. The van der Waals surface area contributed by atoms with Gasteiger partial charge in [-0.05, 0) is 69.3 Å². The molecule has 2 N–H and O–H groups in total. The molecular weight excluding hydrogens is 649 g/mol. The Morgan fingerprint density at radius 2 is 0.962 bits per heavy atom. The molecule has 2 aromatic heterocycles. The van der Waals surface area contributed by atoms with Crippen molar-refractivity contribution >= 4 is 27.6 Å². The topological polar surface area (TPSA) is 77.8 Å². The second kappa shape index (κ2) is 11.9. The Bertz CT molecular complexity index is 2800. The van der Waals surface area contributed by atoms with E-state index in [1.54, 1.807) is 0 Å². The summed E-state index contributed by atoms with van der Waals surface area (Å²) in [6, 6.07) is 54.5. The zero-order valence-electron chi connectivity index (χ0n) is 29.3. The highest BCUT2D eigenvalue weighted by Crippen LogP contribution is 2.51. The molecule has 0 atom stereocenters. The fraction of sp³-hybridized carbons (Fsp3) is 0.0625. The summed E-state index contributed by atoms with van der Waals surface area (Å²) < 4.78 is 6.71. The third kappa shape index (κ3) is 5.04. The zero-order chi connectivity index (χ0) is 35.7. The number of nitrogen functional groups attached to an aromatic ring is 1. The molecule has 1 aliphatic rings. The lowest BCUT2D eigenvalue weighted by atomic mass is 9.81. The van der Waals surface area contributed by atoms with Crippen molar-refractivity contribution in [1.29, 1.82) is 0 Å². The van der Waals surface area contributed by atoms with Gasteiger partial charge in [0, 0.05) is 44.1 Å². The lowest BCUT2D eigenvalue weighted by Gasteiger charge is -2.22. The van der Waals surface area contributed by atoms with Crippen molar-refractivity contribution in [3.63, 3.8) is 0 Å². The highest BCUT2D eigenvalue weighted by atomic mass is 16.3. The summed E-state index contributed by atoms with van der Waals surface area (Å²) in [5, 5.41) is 2.20. The number of fused-ring (bicyclic) bond motifs is 6. The van der Waals surface area contributed by atoms with Crippen molar-refractivity contribution in [2.45, 2.75) is 19.3 Å². The van der Waals surface area contributed by atoms with E-state index < -0.39 is 0 Å². The second-order valence-electron chi connectivity index (χ2n) is 14.3. The molecular formula is C48H34N4O. The van der Waals surface area contributed by atoms with Crippen LogP contribution in [0.3, 0.4) is 0 Å². The SMILES string of the molecule is CC1(C)c2cc(N)ccc2-c2ccc(-c3c(-c4ccc(-c5nc(-c6ccccc6)nc(-c6ccccc6)n5)cc4)ccc4c3oc3ccccc34)cc21. The number of anilines is 1. The Morgan fingerprint density at radius 3 is 1.62 bits per heavy atom. The van der Waals surface area contributed by atoms with Gasteiger partial charge in [0.25, 0.3) is 0 Å². The van der Waals surface area contributed by atoms with Crippen LogP contribution in [0, 0.1) is 0 Å². The van der Waals surface area contributed by atoms with E-state index in [0.29, 0.717) is 17.5 Å². The van der Waals surface area contributed by atoms with Crippen LogP contribution in [-0.4, -0.2) is 15.0 Å². The number of benzene rings is 7. The first-order chi connectivity index (χ1) is 25.9. The minimum atomic E-state index is -0.207. The van der Waals surface area contributed by atoms with Gasteiger partial charge in [0.2, 0.25) is 0 Å². The molecule has 2 heterocycles. The van der Waals surface area contributed by atoms with E-state index in [4.69, 9.17) is 25.1 Å². The van der Waals surface area contributed by atoms with Gasteiger partial charge in [-0.1, -0.05) is 141 Å². The third-order valence-electron chi connectivity index (χ3n) is 10.7. The number of hydrogen-bond donors (Lipinski definition) is 1. The summed E-state index contributed by atoms with van der Waals surface area (Å²) in [5.41, 5.74) is 20.8. The monoisotopic (exact) mass is 682 g/mol. The van der Waals surface area contributed by atoms with Crippen LogP contribution in [0.2, 0.25) is 0 Å². The highest BCUT2D eigenvalue weighted by molar-refractivity contribution is 6.13. The van der Waals surface area contributed by atoms with Gasteiger partial charge >= 0.3 is 0 Å². The van der Waals surface area contributed by atoms with Gasteiger partial charge in [-0.15, -0.1) is 0 Å². The van der Waals surface area contributed by atoms with Crippen molar-refractivity contribution in [3.8, 4) is 67.5 Å². The Morgan fingerprint density at radius 1 is 0.453 bits per heavy atom. The summed E-state index contributed by atoms with van der Waals surface area (Å²) in [5.74, 6) is 1.90. The van der Waals surface area contributed by atoms with E-state index >= 15 is 0 Å². The molecule has 9 aromatic rings. The minimum Gasteiger partial charge on any atom is -0.455 e. The summed E-state index contributed by atoms with van der Waals surface area (Å²) in [6.07, 6.45) is 0. The molecule has 0 radical (unpaired) electrons. The van der Waals surface area contributed by atoms with Crippen molar-refractivity contribution < 1.29 is 4.42 Å². The molecule has 10 rings (SSSR count). The molecule has 7 aromatic carbocycles. The van der Waals surface area contributed by atoms with E-state index in [1.165, 1.54) is 22.3 Å². The maximum atomic E-state index is 6.71. The molecule has 0 saturated heterocycles. The minimum absolute atomic E-state index is 0.207. The summed E-state index contributed by atoms with van der Waals surface area (Å²) in [4.78, 5) is 14.8. The zero-order valence-corrected chi connectivity index (χ0v) is 29.3. The first-order valence-corrected chi connectivity index (χ1v) is 17.9. The average Bonchev–Trinajstić information content (AvgIpc) is 3.69. The predicted octanol–water partition coefficient (Wildman–Crippen LogP) is 12.0. The van der Waals surface area contributed by atoms with E-state index in [0.717, 1.165) is 66.6 Å². The van der Waals surface area contributed by atoms with Gasteiger partial charge in [-0.2, -0.15) is 0 Å². The summed E-state index contributed by atoms with van der Waals surface area (Å²) in [6.45, 7) is 4.58. The largest absolute Gasteiger partial charge is 0.455 e. The molecule has 5 heteroatoms. The van der Waals surface area contributed by atoms with Crippen molar-refractivity contribution in [2.75, 3.05) is 5.73 Å². The highest BCUT2D eigenvalue weighted by Gasteiger charge is 2.36. The Hall–Kier alpha value is -6.85. The average molecular weight is 683 g/mol. The fourth-order valence-electron chi connectivity index (χ4n) is 7.96. The number of rotatable bonds is 5. The molecule has 252 valence electrons. The predicted molar refractivity (Wildman–Crippen MR) is 216 cm³/mol. The number of nitrogens with two attached hydrogens (primary N) is 1. The van der Waals surface area contributed by atoms with Gasteiger partial charge in [-0.3, -0.25) is 0 Å². The van der Waals surface area contributed by atoms with Crippen LogP contribution in [-0.2, 0) is 5.41 Å². The third-order valence-corrected chi connectivity index (χ3v) is 10.7. The van der Waals surface area contributed by atoms with E-state index in [9.17, 15) is 0 Å². The standard InChI is InChI=1S/C48H34N4O/c1-48(2)40-27-33(21-23-36(40)37-24-22-34(49)28-41(37)48)43-35(25-26-39-38-15-9-10-16-42(38)53-44(39)43)29-17-19-32(20-18-29)47-51-45(30-11-5-3-6-12-30)50-46(52-47)31-13-7-4-8-14-31/h3-28H,49H2,1-2H3. The molecule has 0 unspecified atom stereocenters. The molecule has 0 fully saturated rings. The Labute approximate surface area is 307 Å². The maximum absolute atomic E-state index is 6.71. The van der Waals surface area contributed by atoms with Gasteiger partial charge in [0.1, 0.15) is 11.2 Å². The molecule has 1 aliphatic carbocycles. The van der Waals surface area contributed by atoms with Gasteiger partial charge in [-0.25, -0.2) is 15.0 Å². The quantitative estimate of drug-likeness (QED) is 0.183. The fourth-order valence-corrected chi connectivity index (χ4v) is 7.96. The maximum Gasteiger partial charge on any atom is 0.164 e. The van der Waals surface area contributed by atoms with Crippen LogP contribution in [0.5, 0.6) is 0 Å². The molecule has 0 amide bonds. The van der Waals surface area contributed by atoms with Crippen LogP contribution in [0.4, 0.5) is 5.69 Å². The smallest absolute Gasteiger partial charge is 0.164 e. The first kappa shape index (κ1) is 30.9. The number of furan rings is 1. The van der Waals surface area contributed by atoms with Crippen LogP contribution < -0.4 is 5.73 Å². The number of hydrogen-bond acceptors (Lipinski definition) is 5. The number of aromatic nitrogens is 3. The van der Waals surface area contributed by atoms with Crippen LogP contribution in [0.1, 0.15) is 25.0 Å². The molecule has 0 spiro atoms. The lowest BCUT2D eigenvalue weighted by molar-refractivity contribution is 0.660. The normalized spacial score (nSPS) is 12.9. The van der Waals surface area contributed by atoms with Gasteiger partial charge in [0.05, 0.1) is 0 Å². The molecule has 0 bridgehead atoms. The van der Waals surface area contributed by atoms with Crippen molar-refractivity contribution in [2.24, 2.45) is 0 Å². The van der Waals surface area contributed by atoms with Crippen molar-refractivity contribution in [3.05, 3.63) is 169 Å². The first-order valence-electron chi connectivity index (χ1n) is 17.9. The summed E-state index contributed by atoms with van der Waals surface area (Å²) >= 11 is 0. The van der Waals surface area contributed by atoms with Crippen LogP contribution in [0.15, 0.2) is 162 Å². The van der Waals surface area contributed by atoms with Crippen LogP contribution >= 0.6 is 0 Å². The molecule has 0 aliphatic heterocycles. The van der Waals surface area contributed by atoms with E-state index in [2.05, 4.69) is 92.7 Å². The Balaban J connectivity index is 1.13. The molecule has 0 saturated carbocycles. The Kier molecular flexibility index (Phi) is 6.92. The van der Waals surface area contributed by atoms with E-state index in [-0.39, 0.29) is 5.41 Å². The van der Waals surface area contributed by atoms with Crippen molar-refractivity contribution in [1.82, 2.24) is 15.0 Å². The van der Waals surface area contributed by atoms with Gasteiger partial charge in [0.15, 0.2) is 17.5 Å². The van der Waals surface area contributed by atoms with E-state index in [1.807, 2.05) is 78.9 Å². The molecule has 53 heavy (non-hydrogen) atoms.